The highest BCUT2D eigenvalue weighted by atomic mass is 35.5. The molecule has 1 saturated heterocycles. The fourth-order valence-corrected chi connectivity index (χ4v) is 4.10. The number of methoxy groups -OCH3 is 1. The minimum Gasteiger partial charge on any atom is -0.507 e. The van der Waals surface area contributed by atoms with Gasteiger partial charge < -0.3 is 14.7 Å². The normalized spacial score (nSPS) is 18.1. The van der Waals surface area contributed by atoms with Crippen LogP contribution < -0.4 is 4.74 Å². The van der Waals surface area contributed by atoms with Crippen molar-refractivity contribution in [3.05, 3.63) is 63.9 Å². The lowest BCUT2D eigenvalue weighted by molar-refractivity contribution is -0.140. The van der Waals surface area contributed by atoms with Crippen molar-refractivity contribution in [3.8, 4) is 5.75 Å². The van der Waals surface area contributed by atoms with Crippen LogP contribution in [0, 0.1) is 6.92 Å². The lowest BCUT2D eigenvalue weighted by atomic mass is 9.97. The number of pyridine rings is 1. The van der Waals surface area contributed by atoms with E-state index in [0.717, 1.165) is 24.8 Å². The highest BCUT2D eigenvalue weighted by Gasteiger charge is 2.46. The van der Waals surface area contributed by atoms with Gasteiger partial charge in [-0.1, -0.05) is 37.4 Å². The Kier molecular flexibility index (Phi) is 6.77. The fraction of sp³-hybridized carbons (Fsp3) is 0.348. The predicted molar refractivity (Wildman–Crippen MR) is 116 cm³/mol. The minimum absolute atomic E-state index is 0.00448. The summed E-state index contributed by atoms with van der Waals surface area (Å²) in [6.45, 7) is 4.29. The van der Waals surface area contributed by atoms with Crippen molar-refractivity contribution in [1.29, 1.82) is 0 Å². The van der Waals surface area contributed by atoms with E-state index < -0.39 is 17.7 Å². The van der Waals surface area contributed by atoms with Crippen molar-refractivity contribution in [2.75, 3.05) is 13.7 Å². The molecule has 1 aromatic heterocycles. The van der Waals surface area contributed by atoms with Gasteiger partial charge in [0.25, 0.3) is 11.7 Å². The number of hydrogen-bond acceptors (Lipinski definition) is 5. The number of benzene rings is 1. The molecule has 3 rings (SSSR count). The monoisotopic (exact) mass is 428 g/mol. The van der Waals surface area contributed by atoms with E-state index >= 15 is 0 Å². The molecule has 1 atom stereocenters. The van der Waals surface area contributed by atoms with Crippen molar-refractivity contribution < 1.29 is 19.4 Å². The first-order valence-corrected chi connectivity index (χ1v) is 10.3. The Morgan fingerprint density at radius 1 is 1.27 bits per heavy atom. The predicted octanol–water partition coefficient (Wildman–Crippen LogP) is 4.66. The summed E-state index contributed by atoms with van der Waals surface area (Å²) in [7, 11) is 1.44. The number of halogens is 1. The Morgan fingerprint density at radius 2 is 2.03 bits per heavy atom. The van der Waals surface area contributed by atoms with Crippen LogP contribution in [0.4, 0.5) is 0 Å². The third-order valence-electron chi connectivity index (χ3n) is 5.16. The van der Waals surface area contributed by atoms with Crippen LogP contribution in [-0.2, 0) is 9.59 Å². The number of likely N-dealkylation sites (tertiary alicyclic amines) is 1. The number of aromatic nitrogens is 1. The number of ether oxygens (including phenoxy) is 1. The molecule has 6 nitrogen and oxygen atoms in total. The van der Waals surface area contributed by atoms with Crippen LogP contribution in [0.5, 0.6) is 5.75 Å². The molecule has 0 saturated carbocycles. The molecular weight excluding hydrogens is 404 g/mol. The van der Waals surface area contributed by atoms with Gasteiger partial charge in [-0.15, -0.1) is 0 Å². The summed E-state index contributed by atoms with van der Waals surface area (Å²) in [6.07, 6.45) is 4.27. The summed E-state index contributed by atoms with van der Waals surface area (Å²) >= 11 is 6.28. The molecule has 1 fully saturated rings. The lowest BCUT2D eigenvalue weighted by Gasteiger charge is -2.24. The Balaban J connectivity index is 2.20. The topological polar surface area (TPSA) is 79.7 Å². The van der Waals surface area contributed by atoms with Gasteiger partial charge in [-0.3, -0.25) is 14.6 Å². The third kappa shape index (κ3) is 4.05. The average molecular weight is 429 g/mol. The Bertz CT molecular complexity index is 988. The van der Waals surface area contributed by atoms with E-state index in [1.165, 1.54) is 12.0 Å². The van der Waals surface area contributed by atoms with E-state index in [0.29, 0.717) is 17.3 Å². The summed E-state index contributed by atoms with van der Waals surface area (Å²) in [5.41, 5.74) is 1.58. The largest absolute Gasteiger partial charge is 0.507 e. The summed E-state index contributed by atoms with van der Waals surface area (Å²) in [4.78, 5) is 31.7. The molecule has 1 N–H and O–H groups in total. The first-order valence-electron chi connectivity index (χ1n) is 9.94. The Hall–Kier alpha value is -2.86. The molecule has 30 heavy (non-hydrogen) atoms. The maximum absolute atomic E-state index is 13.0. The molecule has 7 heteroatoms. The van der Waals surface area contributed by atoms with Crippen molar-refractivity contribution in [3.63, 3.8) is 0 Å². The standard InChI is InChI=1S/C23H25ClN2O4/c1-4-5-8-11-26-19(17-9-6-7-10-25-17)18(21(28)23(26)29)20(27)15-12-14(2)13-16(24)22(15)30-3/h6-7,9-10,12-13,19,27H,4-5,8,11H2,1-3H3/b20-18+. The number of carbonyl (C=O) groups is 2. The maximum Gasteiger partial charge on any atom is 0.295 e. The number of aliphatic hydroxyl groups excluding tert-OH is 1. The highest BCUT2D eigenvalue weighted by molar-refractivity contribution is 6.46. The Labute approximate surface area is 181 Å². The number of hydrogen-bond donors (Lipinski definition) is 1. The number of carbonyl (C=O) groups excluding carboxylic acids is 2. The van der Waals surface area contributed by atoms with Crippen LogP contribution in [0.15, 0.2) is 42.1 Å². The molecule has 0 bridgehead atoms. The van der Waals surface area contributed by atoms with Crippen molar-refractivity contribution in [2.45, 2.75) is 39.2 Å². The van der Waals surface area contributed by atoms with Gasteiger partial charge in [0.05, 0.1) is 29.0 Å². The molecule has 158 valence electrons. The zero-order valence-corrected chi connectivity index (χ0v) is 18.1. The van der Waals surface area contributed by atoms with Crippen LogP contribution in [-0.4, -0.2) is 40.3 Å². The molecular formula is C23H25ClN2O4. The second-order valence-corrected chi connectivity index (χ2v) is 7.69. The first kappa shape index (κ1) is 21.8. The zero-order chi connectivity index (χ0) is 21.8. The first-order chi connectivity index (χ1) is 14.4. The molecule has 1 aromatic carbocycles. The van der Waals surface area contributed by atoms with E-state index in [2.05, 4.69) is 11.9 Å². The van der Waals surface area contributed by atoms with Crippen molar-refractivity contribution in [2.24, 2.45) is 0 Å². The van der Waals surface area contributed by atoms with E-state index in [1.807, 2.05) is 6.92 Å². The minimum atomic E-state index is -0.771. The highest BCUT2D eigenvalue weighted by Crippen LogP contribution is 2.42. The smallest absolute Gasteiger partial charge is 0.295 e. The van der Waals surface area contributed by atoms with Gasteiger partial charge in [0.2, 0.25) is 0 Å². The number of aryl methyl sites for hydroxylation is 1. The van der Waals surface area contributed by atoms with Gasteiger partial charge in [-0.2, -0.15) is 0 Å². The van der Waals surface area contributed by atoms with Crippen LogP contribution in [0.3, 0.4) is 0 Å². The zero-order valence-electron chi connectivity index (χ0n) is 17.3. The van der Waals surface area contributed by atoms with E-state index in [9.17, 15) is 14.7 Å². The maximum atomic E-state index is 13.0. The lowest BCUT2D eigenvalue weighted by Crippen LogP contribution is -2.31. The number of rotatable bonds is 7. The summed E-state index contributed by atoms with van der Waals surface area (Å²) in [5, 5.41) is 11.5. The molecule has 0 spiro atoms. The van der Waals surface area contributed by atoms with Gasteiger partial charge in [0, 0.05) is 12.7 Å². The van der Waals surface area contributed by atoms with Gasteiger partial charge in [0.1, 0.15) is 17.6 Å². The number of aliphatic hydroxyl groups is 1. The number of Topliss-reactive ketones (excluding diaryl/α,β-unsaturated/α-hetero) is 1. The second kappa shape index (κ2) is 9.30. The molecule has 2 heterocycles. The van der Waals surface area contributed by atoms with E-state index in [1.54, 1.807) is 36.5 Å². The number of unbranched alkanes of at least 4 members (excludes halogenated alkanes) is 2. The fourth-order valence-electron chi connectivity index (χ4n) is 3.75. The number of amides is 1. The summed E-state index contributed by atoms with van der Waals surface area (Å²) < 4.78 is 5.37. The van der Waals surface area contributed by atoms with Crippen LogP contribution in [0.25, 0.3) is 5.76 Å². The van der Waals surface area contributed by atoms with E-state index in [-0.39, 0.29) is 22.6 Å². The molecule has 1 amide bonds. The van der Waals surface area contributed by atoms with Crippen LogP contribution >= 0.6 is 11.6 Å². The molecule has 0 aliphatic carbocycles. The van der Waals surface area contributed by atoms with Gasteiger partial charge >= 0.3 is 0 Å². The average Bonchev–Trinajstić information content (AvgIpc) is 2.98. The Morgan fingerprint density at radius 3 is 2.67 bits per heavy atom. The second-order valence-electron chi connectivity index (χ2n) is 7.28. The number of nitrogens with zero attached hydrogens (tertiary/aromatic N) is 2. The van der Waals surface area contributed by atoms with Gasteiger partial charge in [-0.05, 0) is 43.2 Å². The van der Waals surface area contributed by atoms with Gasteiger partial charge in [-0.25, -0.2) is 0 Å². The van der Waals surface area contributed by atoms with Crippen LogP contribution in [0.2, 0.25) is 5.02 Å². The molecule has 1 aliphatic heterocycles. The SMILES string of the molecule is CCCCCN1C(=O)C(=O)/C(=C(/O)c2cc(C)cc(Cl)c2OC)C1c1ccccn1. The molecule has 1 aliphatic rings. The summed E-state index contributed by atoms with van der Waals surface area (Å²) in [6, 6.07) is 7.91. The summed E-state index contributed by atoms with van der Waals surface area (Å²) in [5.74, 6) is -1.44. The van der Waals surface area contributed by atoms with Crippen molar-refractivity contribution >= 4 is 29.1 Å². The third-order valence-corrected chi connectivity index (χ3v) is 5.44. The number of ketones is 1. The van der Waals surface area contributed by atoms with Crippen molar-refractivity contribution in [1.82, 2.24) is 9.88 Å². The molecule has 2 aromatic rings. The molecule has 1 unspecified atom stereocenters. The van der Waals surface area contributed by atoms with E-state index in [4.69, 9.17) is 16.3 Å². The quantitative estimate of drug-likeness (QED) is 0.300. The van der Waals surface area contributed by atoms with Gasteiger partial charge in [0.15, 0.2) is 0 Å². The molecule has 0 radical (unpaired) electrons. The van der Waals surface area contributed by atoms with Crippen LogP contribution in [0.1, 0.15) is 49.0 Å².